The molecule has 0 spiro atoms. The summed E-state index contributed by atoms with van der Waals surface area (Å²) in [6.07, 6.45) is 4.94. The molecule has 0 unspecified atom stereocenters. The van der Waals surface area contributed by atoms with Gasteiger partial charge in [0.1, 0.15) is 11.5 Å². The van der Waals surface area contributed by atoms with Crippen molar-refractivity contribution in [3.05, 3.63) is 102 Å². The first-order valence-corrected chi connectivity index (χ1v) is 9.12. The molecule has 0 aliphatic rings. The minimum absolute atomic E-state index is 0.185. The SMILES string of the molecule is N=C(/C(=C\N)c1ccc2ncc(-c3ccc(C(N)=O)cc3)n2c1)c1ccc(F)cc1. The van der Waals surface area contributed by atoms with Gasteiger partial charge < -0.3 is 11.5 Å². The number of fused-ring (bicyclic) bond motifs is 1. The summed E-state index contributed by atoms with van der Waals surface area (Å²) in [6.45, 7) is 0. The van der Waals surface area contributed by atoms with E-state index in [0.717, 1.165) is 16.9 Å². The highest BCUT2D eigenvalue weighted by molar-refractivity contribution is 6.30. The lowest BCUT2D eigenvalue weighted by atomic mass is 9.98. The average Bonchev–Trinajstić information content (AvgIpc) is 3.18. The fourth-order valence-corrected chi connectivity index (χ4v) is 3.25. The molecule has 0 fully saturated rings. The Morgan fingerprint density at radius 2 is 1.60 bits per heavy atom. The zero-order chi connectivity index (χ0) is 21.3. The number of pyridine rings is 1. The van der Waals surface area contributed by atoms with Gasteiger partial charge in [-0.3, -0.25) is 14.6 Å². The molecule has 2 heterocycles. The third-order valence-electron chi connectivity index (χ3n) is 4.85. The number of hydrogen-bond acceptors (Lipinski definition) is 4. The predicted molar refractivity (Wildman–Crippen MR) is 115 cm³/mol. The first kappa shape index (κ1) is 19.1. The van der Waals surface area contributed by atoms with Crippen LogP contribution in [0.15, 0.2) is 79.3 Å². The molecule has 4 rings (SSSR count). The fourth-order valence-electron chi connectivity index (χ4n) is 3.25. The Hall–Kier alpha value is -4.26. The highest BCUT2D eigenvalue weighted by Crippen LogP contribution is 2.25. The Balaban J connectivity index is 1.75. The number of primary amides is 1. The molecule has 1 amide bonds. The predicted octanol–water partition coefficient (Wildman–Crippen LogP) is 3.61. The number of allylic oxidation sites excluding steroid dienone is 1. The number of halogens is 1. The van der Waals surface area contributed by atoms with Gasteiger partial charge in [-0.1, -0.05) is 12.1 Å². The van der Waals surface area contributed by atoms with Gasteiger partial charge in [0.25, 0.3) is 0 Å². The zero-order valence-corrected chi connectivity index (χ0v) is 15.8. The molecule has 5 N–H and O–H groups in total. The maximum absolute atomic E-state index is 13.2. The molecular weight excluding hydrogens is 381 g/mol. The van der Waals surface area contributed by atoms with E-state index in [1.807, 2.05) is 22.7 Å². The average molecular weight is 399 g/mol. The van der Waals surface area contributed by atoms with E-state index in [1.165, 1.54) is 18.3 Å². The van der Waals surface area contributed by atoms with Crippen LogP contribution >= 0.6 is 0 Å². The van der Waals surface area contributed by atoms with Crippen LogP contribution in [0.4, 0.5) is 4.39 Å². The second-order valence-corrected chi connectivity index (χ2v) is 6.69. The van der Waals surface area contributed by atoms with Gasteiger partial charge in [0.05, 0.1) is 17.6 Å². The van der Waals surface area contributed by atoms with Crippen molar-refractivity contribution in [3.63, 3.8) is 0 Å². The third-order valence-corrected chi connectivity index (χ3v) is 4.85. The topological polar surface area (TPSA) is 110 Å². The molecule has 30 heavy (non-hydrogen) atoms. The molecule has 0 saturated carbocycles. The Morgan fingerprint density at radius 3 is 2.23 bits per heavy atom. The molecule has 2 aromatic heterocycles. The van der Waals surface area contributed by atoms with Gasteiger partial charge in [-0.15, -0.1) is 0 Å². The van der Waals surface area contributed by atoms with E-state index in [0.29, 0.717) is 22.3 Å². The molecule has 6 nitrogen and oxygen atoms in total. The number of hydrogen-bond donors (Lipinski definition) is 3. The summed E-state index contributed by atoms with van der Waals surface area (Å²) in [4.78, 5) is 15.7. The normalized spacial score (nSPS) is 11.6. The number of nitrogens with two attached hydrogens (primary N) is 2. The van der Waals surface area contributed by atoms with E-state index >= 15 is 0 Å². The number of nitrogens with one attached hydrogen (secondary N) is 1. The van der Waals surface area contributed by atoms with Gasteiger partial charge in [0.15, 0.2) is 0 Å². The van der Waals surface area contributed by atoms with Crippen molar-refractivity contribution in [3.8, 4) is 11.3 Å². The molecule has 7 heteroatoms. The number of rotatable bonds is 5. The van der Waals surface area contributed by atoms with Crippen LogP contribution in [0.25, 0.3) is 22.5 Å². The van der Waals surface area contributed by atoms with E-state index in [4.69, 9.17) is 16.9 Å². The lowest BCUT2D eigenvalue weighted by Crippen LogP contribution is -2.10. The number of aromatic nitrogens is 2. The molecule has 0 aliphatic heterocycles. The van der Waals surface area contributed by atoms with Gasteiger partial charge in [-0.2, -0.15) is 0 Å². The van der Waals surface area contributed by atoms with Gasteiger partial charge in [-0.05, 0) is 48.5 Å². The van der Waals surface area contributed by atoms with Gasteiger partial charge in [0.2, 0.25) is 5.91 Å². The minimum Gasteiger partial charge on any atom is -0.404 e. The van der Waals surface area contributed by atoms with Crippen LogP contribution in [0.2, 0.25) is 0 Å². The van der Waals surface area contributed by atoms with Crippen LogP contribution < -0.4 is 11.5 Å². The van der Waals surface area contributed by atoms with Crippen molar-refractivity contribution < 1.29 is 9.18 Å². The maximum atomic E-state index is 13.2. The molecule has 2 aromatic carbocycles. The van der Waals surface area contributed by atoms with E-state index in [9.17, 15) is 9.18 Å². The van der Waals surface area contributed by atoms with Crippen LogP contribution in [-0.2, 0) is 0 Å². The summed E-state index contributed by atoms with van der Waals surface area (Å²) in [5, 5.41) is 8.51. The Morgan fingerprint density at radius 1 is 0.967 bits per heavy atom. The van der Waals surface area contributed by atoms with E-state index in [1.54, 1.807) is 42.6 Å². The summed E-state index contributed by atoms with van der Waals surface area (Å²) in [6, 6.07) is 16.3. The summed E-state index contributed by atoms with van der Waals surface area (Å²) < 4.78 is 15.1. The van der Waals surface area contributed by atoms with Crippen LogP contribution in [-0.4, -0.2) is 21.0 Å². The Bertz CT molecular complexity index is 1290. The minimum atomic E-state index is -0.487. The number of carbonyl (C=O) groups is 1. The Kier molecular flexibility index (Phi) is 4.85. The molecule has 0 atom stereocenters. The lowest BCUT2D eigenvalue weighted by molar-refractivity contribution is 0.100. The van der Waals surface area contributed by atoms with E-state index in [-0.39, 0.29) is 11.5 Å². The number of carbonyl (C=O) groups excluding carboxylic acids is 1. The first-order chi connectivity index (χ1) is 14.5. The molecule has 0 saturated heterocycles. The molecule has 0 bridgehead atoms. The van der Waals surface area contributed by atoms with Gasteiger partial charge in [-0.25, -0.2) is 9.37 Å². The molecule has 0 radical (unpaired) electrons. The molecule has 0 aliphatic carbocycles. The molecule has 148 valence electrons. The third kappa shape index (κ3) is 3.44. The number of benzene rings is 2. The van der Waals surface area contributed by atoms with Crippen molar-refractivity contribution in [1.82, 2.24) is 9.38 Å². The number of amides is 1. The van der Waals surface area contributed by atoms with Crippen molar-refractivity contribution in [2.75, 3.05) is 0 Å². The standard InChI is InChI=1S/C23H18FN5O/c24-18-8-5-15(6-9-18)22(26)19(11-25)17-7-10-21-28-12-20(29(21)13-17)14-1-3-16(4-2-14)23(27)30/h1-13,26H,25H2,(H2,27,30)/b19-11-,26-22?. The van der Waals surface area contributed by atoms with Crippen LogP contribution in [0.3, 0.4) is 0 Å². The van der Waals surface area contributed by atoms with E-state index in [2.05, 4.69) is 4.98 Å². The monoisotopic (exact) mass is 399 g/mol. The second kappa shape index (κ2) is 7.63. The van der Waals surface area contributed by atoms with Crippen molar-refractivity contribution in [2.45, 2.75) is 0 Å². The zero-order valence-electron chi connectivity index (χ0n) is 15.8. The van der Waals surface area contributed by atoms with Crippen molar-refractivity contribution in [2.24, 2.45) is 11.5 Å². The van der Waals surface area contributed by atoms with Crippen molar-refractivity contribution in [1.29, 1.82) is 5.41 Å². The van der Waals surface area contributed by atoms with E-state index < -0.39 is 5.91 Å². The molecule has 4 aromatic rings. The van der Waals surface area contributed by atoms with Crippen LogP contribution in [0, 0.1) is 11.2 Å². The van der Waals surface area contributed by atoms with Gasteiger partial charge in [0, 0.05) is 40.2 Å². The summed E-state index contributed by atoms with van der Waals surface area (Å²) in [7, 11) is 0. The largest absolute Gasteiger partial charge is 0.404 e. The van der Waals surface area contributed by atoms with Crippen LogP contribution in [0.5, 0.6) is 0 Å². The fraction of sp³-hybridized carbons (Fsp3) is 0. The maximum Gasteiger partial charge on any atom is 0.248 e. The lowest BCUT2D eigenvalue weighted by Gasteiger charge is -2.11. The Labute approximate surface area is 171 Å². The summed E-state index contributed by atoms with van der Waals surface area (Å²) in [5.74, 6) is -0.851. The summed E-state index contributed by atoms with van der Waals surface area (Å²) in [5.41, 5.74) is 15.9. The number of imidazole rings is 1. The highest BCUT2D eigenvalue weighted by atomic mass is 19.1. The number of nitrogens with zero attached hydrogens (tertiary/aromatic N) is 2. The van der Waals surface area contributed by atoms with Crippen LogP contribution in [0.1, 0.15) is 21.5 Å². The molecular formula is C23H18FN5O. The first-order valence-electron chi connectivity index (χ1n) is 9.12. The highest BCUT2D eigenvalue weighted by Gasteiger charge is 2.13. The van der Waals surface area contributed by atoms with Crippen molar-refractivity contribution >= 4 is 22.8 Å². The van der Waals surface area contributed by atoms with Gasteiger partial charge >= 0.3 is 0 Å². The summed E-state index contributed by atoms with van der Waals surface area (Å²) >= 11 is 0. The quantitative estimate of drug-likeness (QED) is 0.446. The second-order valence-electron chi connectivity index (χ2n) is 6.69. The smallest absolute Gasteiger partial charge is 0.248 e.